The Bertz CT molecular complexity index is 390. The monoisotopic (exact) mass is 262 g/mol. The first-order chi connectivity index (χ1) is 6.60. The molecule has 1 aromatic heterocycles. The highest BCUT2D eigenvalue weighted by atomic mass is 79.9. The van der Waals surface area contributed by atoms with Gasteiger partial charge in [0.25, 0.3) is 6.43 Å². The van der Waals surface area contributed by atoms with E-state index in [0.29, 0.717) is 0 Å². The molecule has 1 N–H and O–H groups in total. The number of halogens is 3. The minimum atomic E-state index is -2.77. The first kappa shape index (κ1) is 11.0. The van der Waals surface area contributed by atoms with Gasteiger partial charge >= 0.3 is 0 Å². The fraction of sp³-hybridized carbons (Fsp3) is 0.250. The van der Waals surface area contributed by atoms with E-state index in [2.05, 4.69) is 20.9 Å². The third-order valence-electron chi connectivity index (χ3n) is 1.59. The van der Waals surface area contributed by atoms with Gasteiger partial charge in [0.2, 0.25) is 0 Å². The number of hydrogen-bond acceptors (Lipinski definition) is 3. The Balaban J connectivity index is 3.34. The number of rotatable bonds is 2. The summed E-state index contributed by atoms with van der Waals surface area (Å²) in [5.41, 5.74) is -0.553. The molecule has 0 fully saturated rings. The second-order valence-electron chi connectivity index (χ2n) is 2.45. The summed E-state index contributed by atoms with van der Waals surface area (Å²) in [7, 11) is 0. The number of alkyl halides is 2. The van der Waals surface area contributed by atoms with E-state index in [0.717, 1.165) is 6.07 Å². The largest absolute Gasteiger partial charge is 0.392 e. The predicted octanol–water partition coefficient (Wildman–Crippen LogP) is 2.15. The standard InChI is InChI=1S/C8H5BrF2N2O/c9-7-4(3-14)1-5(8(10)11)6(2-12)13-7/h1,8,14H,3H2. The third-order valence-corrected chi connectivity index (χ3v) is 2.28. The van der Waals surface area contributed by atoms with Crippen molar-refractivity contribution in [2.45, 2.75) is 13.0 Å². The zero-order valence-electron chi connectivity index (χ0n) is 6.84. The average molecular weight is 263 g/mol. The summed E-state index contributed by atoms with van der Waals surface area (Å²) >= 11 is 2.96. The third kappa shape index (κ3) is 2.05. The lowest BCUT2D eigenvalue weighted by Crippen LogP contribution is -1.99. The van der Waals surface area contributed by atoms with Crippen LogP contribution in [0.5, 0.6) is 0 Å². The maximum absolute atomic E-state index is 12.4. The zero-order chi connectivity index (χ0) is 10.7. The van der Waals surface area contributed by atoms with Crippen LogP contribution in [-0.2, 0) is 6.61 Å². The summed E-state index contributed by atoms with van der Waals surface area (Å²) in [4.78, 5) is 3.60. The summed E-state index contributed by atoms with van der Waals surface area (Å²) in [6, 6.07) is 2.64. The molecule has 0 aromatic carbocycles. The lowest BCUT2D eigenvalue weighted by molar-refractivity contribution is 0.150. The highest BCUT2D eigenvalue weighted by Gasteiger charge is 2.16. The molecule has 0 amide bonds. The number of aliphatic hydroxyl groups excluding tert-OH is 1. The quantitative estimate of drug-likeness (QED) is 0.831. The molecule has 0 saturated carbocycles. The molecule has 1 rings (SSSR count). The molecule has 0 radical (unpaired) electrons. The molecule has 3 nitrogen and oxygen atoms in total. The van der Waals surface area contributed by atoms with Crippen LogP contribution in [0.15, 0.2) is 10.7 Å². The van der Waals surface area contributed by atoms with Crippen molar-refractivity contribution in [2.24, 2.45) is 0 Å². The van der Waals surface area contributed by atoms with Crippen molar-refractivity contribution in [3.8, 4) is 6.07 Å². The second-order valence-corrected chi connectivity index (χ2v) is 3.20. The van der Waals surface area contributed by atoms with E-state index in [4.69, 9.17) is 10.4 Å². The molecule has 6 heteroatoms. The van der Waals surface area contributed by atoms with Crippen LogP contribution < -0.4 is 0 Å². The highest BCUT2D eigenvalue weighted by molar-refractivity contribution is 9.10. The van der Waals surface area contributed by atoms with E-state index in [1.807, 2.05) is 0 Å². The van der Waals surface area contributed by atoms with E-state index in [1.54, 1.807) is 6.07 Å². The van der Waals surface area contributed by atoms with Gasteiger partial charge in [0, 0.05) is 5.56 Å². The predicted molar refractivity (Wildman–Crippen MR) is 47.5 cm³/mol. The Morgan fingerprint density at radius 1 is 1.64 bits per heavy atom. The van der Waals surface area contributed by atoms with Crippen molar-refractivity contribution in [1.29, 1.82) is 5.26 Å². The molecule has 0 aliphatic rings. The maximum atomic E-state index is 12.4. The lowest BCUT2D eigenvalue weighted by atomic mass is 10.1. The number of pyridine rings is 1. The highest BCUT2D eigenvalue weighted by Crippen LogP contribution is 2.26. The first-order valence-electron chi connectivity index (χ1n) is 3.58. The number of hydrogen-bond donors (Lipinski definition) is 1. The summed E-state index contributed by atoms with van der Waals surface area (Å²) in [6.07, 6.45) is -2.77. The zero-order valence-corrected chi connectivity index (χ0v) is 8.42. The van der Waals surface area contributed by atoms with Crippen LogP contribution in [0.2, 0.25) is 0 Å². The van der Waals surface area contributed by atoms with E-state index < -0.39 is 18.6 Å². The van der Waals surface area contributed by atoms with Gasteiger partial charge in [-0.3, -0.25) is 0 Å². The minimum Gasteiger partial charge on any atom is -0.392 e. The molecule has 1 heterocycles. The molecular weight excluding hydrogens is 258 g/mol. The molecular formula is C8H5BrF2N2O. The van der Waals surface area contributed by atoms with E-state index >= 15 is 0 Å². The van der Waals surface area contributed by atoms with E-state index in [-0.39, 0.29) is 15.9 Å². The first-order valence-corrected chi connectivity index (χ1v) is 4.38. The van der Waals surface area contributed by atoms with Crippen molar-refractivity contribution in [1.82, 2.24) is 4.98 Å². The maximum Gasteiger partial charge on any atom is 0.266 e. The Morgan fingerprint density at radius 3 is 2.71 bits per heavy atom. The molecule has 0 aliphatic carbocycles. The van der Waals surface area contributed by atoms with Gasteiger partial charge in [-0.05, 0) is 22.0 Å². The average Bonchev–Trinajstić information content (AvgIpc) is 2.16. The minimum absolute atomic E-state index is 0.209. The van der Waals surface area contributed by atoms with E-state index in [1.165, 1.54) is 0 Å². The number of nitriles is 1. The molecule has 0 spiro atoms. The van der Waals surface area contributed by atoms with E-state index in [9.17, 15) is 8.78 Å². The van der Waals surface area contributed by atoms with Crippen molar-refractivity contribution in [3.63, 3.8) is 0 Å². The Labute approximate surface area is 87.1 Å². The van der Waals surface area contributed by atoms with Gasteiger partial charge in [0.05, 0.1) is 12.2 Å². The Kier molecular flexibility index (Phi) is 3.49. The fourth-order valence-corrected chi connectivity index (χ4v) is 1.33. The van der Waals surface area contributed by atoms with Gasteiger partial charge in [-0.1, -0.05) is 0 Å². The summed E-state index contributed by atoms with van der Waals surface area (Å²) in [5.74, 6) is 0. The van der Waals surface area contributed by atoms with Crippen LogP contribution in [0, 0.1) is 11.3 Å². The van der Waals surface area contributed by atoms with Crippen molar-refractivity contribution in [2.75, 3.05) is 0 Å². The normalized spacial score (nSPS) is 10.3. The Hall–Kier alpha value is -1.06. The SMILES string of the molecule is N#Cc1nc(Br)c(CO)cc1C(F)F. The van der Waals surface area contributed by atoms with Gasteiger partial charge in [-0.2, -0.15) is 5.26 Å². The van der Waals surface area contributed by atoms with Crippen LogP contribution in [0.3, 0.4) is 0 Å². The van der Waals surface area contributed by atoms with Gasteiger partial charge in [-0.25, -0.2) is 13.8 Å². The van der Waals surface area contributed by atoms with Crippen LogP contribution in [0.25, 0.3) is 0 Å². The molecule has 0 unspecified atom stereocenters. The van der Waals surface area contributed by atoms with Crippen LogP contribution in [-0.4, -0.2) is 10.1 Å². The molecule has 0 bridgehead atoms. The topological polar surface area (TPSA) is 56.9 Å². The van der Waals surface area contributed by atoms with Gasteiger partial charge in [0.1, 0.15) is 10.7 Å². The number of aliphatic hydroxyl groups is 1. The molecule has 0 atom stereocenters. The van der Waals surface area contributed by atoms with Crippen LogP contribution in [0.1, 0.15) is 23.2 Å². The van der Waals surface area contributed by atoms with Crippen molar-refractivity contribution < 1.29 is 13.9 Å². The number of nitrogens with zero attached hydrogens (tertiary/aromatic N) is 2. The molecule has 1 aromatic rings. The summed E-state index contributed by atoms with van der Waals surface area (Å²) < 4.78 is 25.0. The van der Waals surface area contributed by atoms with Gasteiger partial charge in [-0.15, -0.1) is 0 Å². The summed E-state index contributed by atoms with van der Waals surface area (Å²) in [6.45, 7) is -0.404. The second kappa shape index (κ2) is 4.44. The number of aromatic nitrogens is 1. The Morgan fingerprint density at radius 2 is 2.29 bits per heavy atom. The van der Waals surface area contributed by atoms with Crippen molar-refractivity contribution >= 4 is 15.9 Å². The molecule has 14 heavy (non-hydrogen) atoms. The van der Waals surface area contributed by atoms with Crippen LogP contribution in [0.4, 0.5) is 8.78 Å². The van der Waals surface area contributed by atoms with Gasteiger partial charge < -0.3 is 5.11 Å². The van der Waals surface area contributed by atoms with Gasteiger partial charge in [0.15, 0.2) is 5.69 Å². The summed E-state index contributed by atoms with van der Waals surface area (Å²) in [5, 5.41) is 17.3. The van der Waals surface area contributed by atoms with Crippen molar-refractivity contribution in [3.05, 3.63) is 27.5 Å². The lowest BCUT2D eigenvalue weighted by Gasteiger charge is -2.05. The smallest absolute Gasteiger partial charge is 0.266 e. The molecule has 74 valence electrons. The molecule has 0 saturated heterocycles. The fourth-order valence-electron chi connectivity index (χ4n) is 0.917. The van der Waals surface area contributed by atoms with Crippen LogP contribution >= 0.6 is 15.9 Å². The molecule has 0 aliphatic heterocycles.